The van der Waals surface area contributed by atoms with Crippen LogP contribution in [-0.2, 0) is 9.84 Å². The molecule has 0 bridgehead atoms. The van der Waals surface area contributed by atoms with Gasteiger partial charge < -0.3 is 10.5 Å². The molecule has 17 heavy (non-hydrogen) atoms. The highest BCUT2D eigenvalue weighted by molar-refractivity contribution is 7.92. The smallest absolute Gasteiger partial charge is 0.155 e. The third kappa shape index (κ3) is 2.17. The van der Waals surface area contributed by atoms with Gasteiger partial charge in [0, 0.05) is 17.7 Å². The van der Waals surface area contributed by atoms with Gasteiger partial charge in [-0.2, -0.15) is 0 Å². The molecule has 1 aliphatic rings. The molecule has 0 unspecified atom stereocenters. The Morgan fingerprint density at radius 2 is 1.88 bits per heavy atom. The van der Waals surface area contributed by atoms with E-state index < -0.39 is 15.1 Å². The van der Waals surface area contributed by atoms with E-state index >= 15 is 0 Å². The van der Waals surface area contributed by atoms with Crippen molar-refractivity contribution in [2.75, 3.05) is 12.9 Å². The van der Waals surface area contributed by atoms with Crippen molar-refractivity contribution in [1.29, 1.82) is 0 Å². The first-order valence-corrected chi connectivity index (χ1v) is 7.34. The second-order valence-electron chi connectivity index (χ2n) is 4.29. The topological polar surface area (TPSA) is 69.4 Å². The quantitative estimate of drug-likeness (QED) is 0.868. The molecule has 0 heterocycles. The lowest BCUT2D eigenvalue weighted by Gasteiger charge is -2.02. The first-order valence-electron chi connectivity index (χ1n) is 5.62. The lowest BCUT2D eigenvalue weighted by molar-refractivity contribution is 0.414. The Kier molecular flexibility index (Phi) is 3.14. The number of rotatable bonds is 4. The number of hydrogen-bond donors (Lipinski definition) is 1. The Bertz CT molecular complexity index is 495. The standard InChI is InChI=1S/C12H17NO3S/c1-3-17(14,15)12-10(11(12)13)8-4-6-9(16-2)7-5-8/h4-7,10-12H,3,13H2,1-2H3/t10-,11+,12+/m0/s1. The van der Waals surface area contributed by atoms with Gasteiger partial charge in [-0.3, -0.25) is 0 Å². The zero-order valence-electron chi connectivity index (χ0n) is 9.96. The van der Waals surface area contributed by atoms with E-state index in [-0.39, 0.29) is 17.7 Å². The zero-order chi connectivity index (χ0) is 12.6. The van der Waals surface area contributed by atoms with Crippen molar-refractivity contribution < 1.29 is 13.2 Å². The van der Waals surface area contributed by atoms with Gasteiger partial charge in [-0.15, -0.1) is 0 Å². The number of nitrogens with two attached hydrogens (primary N) is 1. The van der Waals surface area contributed by atoms with Crippen LogP contribution in [0.5, 0.6) is 5.75 Å². The first-order chi connectivity index (χ1) is 8.01. The van der Waals surface area contributed by atoms with Crippen LogP contribution in [0, 0.1) is 0 Å². The van der Waals surface area contributed by atoms with Gasteiger partial charge in [0.05, 0.1) is 12.4 Å². The SMILES string of the molecule is CCS(=O)(=O)[C@H]1[C@H](N)[C@@H]1c1ccc(OC)cc1. The summed E-state index contributed by atoms with van der Waals surface area (Å²) in [6, 6.07) is 7.16. The summed E-state index contributed by atoms with van der Waals surface area (Å²) in [4.78, 5) is 0. The maximum absolute atomic E-state index is 11.8. The fraction of sp³-hybridized carbons (Fsp3) is 0.500. The number of methoxy groups -OCH3 is 1. The molecule has 94 valence electrons. The minimum absolute atomic E-state index is 0.0640. The molecule has 4 nitrogen and oxygen atoms in total. The van der Waals surface area contributed by atoms with Crippen LogP contribution in [0.1, 0.15) is 18.4 Å². The molecule has 0 spiro atoms. The van der Waals surface area contributed by atoms with Crippen molar-refractivity contribution in [1.82, 2.24) is 0 Å². The minimum Gasteiger partial charge on any atom is -0.497 e. The summed E-state index contributed by atoms with van der Waals surface area (Å²) in [5.41, 5.74) is 6.84. The molecule has 0 radical (unpaired) electrons. The highest BCUT2D eigenvalue weighted by Crippen LogP contribution is 2.45. The molecule has 0 aromatic heterocycles. The van der Waals surface area contributed by atoms with Crippen LogP contribution >= 0.6 is 0 Å². The largest absolute Gasteiger partial charge is 0.497 e. The Hall–Kier alpha value is -1.07. The monoisotopic (exact) mass is 255 g/mol. The second kappa shape index (κ2) is 4.31. The Balaban J connectivity index is 2.20. The highest BCUT2D eigenvalue weighted by atomic mass is 32.2. The number of hydrogen-bond acceptors (Lipinski definition) is 4. The summed E-state index contributed by atoms with van der Waals surface area (Å²) in [7, 11) is -1.44. The van der Waals surface area contributed by atoms with Crippen LogP contribution in [0.2, 0.25) is 0 Å². The second-order valence-corrected chi connectivity index (χ2v) is 6.74. The molecule has 1 aromatic rings. The maximum Gasteiger partial charge on any atom is 0.155 e. The van der Waals surface area contributed by atoms with Crippen molar-refractivity contribution in [2.45, 2.75) is 24.1 Å². The highest BCUT2D eigenvalue weighted by Gasteiger charge is 2.55. The van der Waals surface area contributed by atoms with Gasteiger partial charge in [0.15, 0.2) is 9.84 Å². The van der Waals surface area contributed by atoms with Crippen LogP contribution in [0.4, 0.5) is 0 Å². The van der Waals surface area contributed by atoms with Crippen molar-refractivity contribution in [3.8, 4) is 5.75 Å². The molecular weight excluding hydrogens is 238 g/mol. The fourth-order valence-corrected chi connectivity index (χ4v) is 3.93. The van der Waals surface area contributed by atoms with Gasteiger partial charge >= 0.3 is 0 Å². The van der Waals surface area contributed by atoms with Crippen molar-refractivity contribution >= 4 is 9.84 Å². The van der Waals surface area contributed by atoms with Crippen molar-refractivity contribution in [2.24, 2.45) is 5.73 Å². The number of ether oxygens (including phenoxy) is 1. The van der Waals surface area contributed by atoms with Gasteiger partial charge in [-0.05, 0) is 17.7 Å². The van der Waals surface area contributed by atoms with E-state index in [1.54, 1.807) is 14.0 Å². The molecule has 5 heteroatoms. The molecule has 3 atom stereocenters. The van der Waals surface area contributed by atoms with Crippen LogP contribution in [-0.4, -0.2) is 32.6 Å². The van der Waals surface area contributed by atoms with Gasteiger partial charge in [0.25, 0.3) is 0 Å². The average Bonchev–Trinajstić information content (AvgIpc) is 3.02. The molecule has 1 aromatic carbocycles. The van der Waals surface area contributed by atoms with E-state index in [1.807, 2.05) is 24.3 Å². The van der Waals surface area contributed by atoms with Crippen molar-refractivity contribution in [3.63, 3.8) is 0 Å². The van der Waals surface area contributed by atoms with E-state index in [2.05, 4.69) is 0 Å². The molecule has 0 saturated heterocycles. The normalized spacial score (nSPS) is 27.8. The van der Waals surface area contributed by atoms with E-state index in [0.717, 1.165) is 11.3 Å². The Labute approximate surface area is 102 Å². The summed E-state index contributed by atoms with van der Waals surface area (Å²) in [6.07, 6.45) is 0. The molecule has 0 aliphatic heterocycles. The number of sulfone groups is 1. The van der Waals surface area contributed by atoms with Crippen LogP contribution in [0.3, 0.4) is 0 Å². The predicted molar refractivity (Wildman–Crippen MR) is 67.0 cm³/mol. The lowest BCUT2D eigenvalue weighted by Crippen LogP contribution is -2.17. The minimum atomic E-state index is -3.04. The maximum atomic E-state index is 11.8. The van der Waals surface area contributed by atoms with Gasteiger partial charge in [0.2, 0.25) is 0 Å². The Morgan fingerprint density at radius 3 is 2.35 bits per heavy atom. The molecule has 1 aliphatic carbocycles. The molecule has 1 fully saturated rings. The van der Waals surface area contributed by atoms with Crippen molar-refractivity contribution in [3.05, 3.63) is 29.8 Å². The lowest BCUT2D eigenvalue weighted by atomic mass is 10.1. The summed E-state index contributed by atoms with van der Waals surface area (Å²) >= 11 is 0. The third-order valence-electron chi connectivity index (χ3n) is 3.32. The summed E-state index contributed by atoms with van der Waals surface area (Å²) < 4.78 is 28.6. The van der Waals surface area contributed by atoms with Crippen LogP contribution < -0.4 is 10.5 Å². The van der Waals surface area contributed by atoms with E-state index in [9.17, 15) is 8.42 Å². The summed E-state index contributed by atoms with van der Waals surface area (Å²) in [6.45, 7) is 1.66. The van der Waals surface area contributed by atoms with Crippen LogP contribution in [0.15, 0.2) is 24.3 Å². The van der Waals surface area contributed by atoms with E-state index in [0.29, 0.717) is 0 Å². The summed E-state index contributed by atoms with van der Waals surface area (Å²) in [5.74, 6) is 0.849. The summed E-state index contributed by atoms with van der Waals surface area (Å²) in [5, 5.41) is -0.416. The first kappa shape index (κ1) is 12.4. The molecule has 2 rings (SSSR count). The van der Waals surface area contributed by atoms with Crippen LogP contribution in [0.25, 0.3) is 0 Å². The van der Waals surface area contributed by atoms with Gasteiger partial charge in [0.1, 0.15) is 5.75 Å². The zero-order valence-corrected chi connectivity index (χ0v) is 10.8. The van der Waals surface area contributed by atoms with E-state index in [1.165, 1.54) is 0 Å². The molecular formula is C12H17NO3S. The molecule has 0 amide bonds. The fourth-order valence-electron chi connectivity index (χ4n) is 2.20. The molecule has 2 N–H and O–H groups in total. The third-order valence-corrected chi connectivity index (χ3v) is 5.57. The van der Waals surface area contributed by atoms with Gasteiger partial charge in [-0.25, -0.2) is 8.42 Å². The Morgan fingerprint density at radius 1 is 1.29 bits per heavy atom. The van der Waals surface area contributed by atoms with E-state index in [4.69, 9.17) is 10.5 Å². The molecule has 1 saturated carbocycles. The van der Waals surface area contributed by atoms with Gasteiger partial charge in [-0.1, -0.05) is 19.1 Å². The number of benzene rings is 1. The predicted octanol–water partition coefficient (Wildman–Crippen LogP) is 0.923. The average molecular weight is 255 g/mol.